The van der Waals surface area contributed by atoms with Gasteiger partial charge in [-0.2, -0.15) is 0 Å². The van der Waals surface area contributed by atoms with Crippen LogP contribution in [0.25, 0.3) is 0 Å². The number of benzene rings is 1. The largest absolute Gasteiger partial charge is 0.483 e. The van der Waals surface area contributed by atoms with E-state index in [1.807, 2.05) is 30.3 Å². The molecule has 0 unspecified atom stereocenters. The van der Waals surface area contributed by atoms with Crippen molar-refractivity contribution in [3.63, 3.8) is 0 Å². The van der Waals surface area contributed by atoms with Crippen LogP contribution in [0.2, 0.25) is 0 Å². The highest BCUT2D eigenvalue weighted by molar-refractivity contribution is 5.95. The number of amides is 2. The minimum absolute atomic E-state index is 0.00823. The Balaban J connectivity index is 1.85. The molecule has 2 heterocycles. The Morgan fingerprint density at radius 3 is 2.37 bits per heavy atom. The predicted molar refractivity (Wildman–Crippen MR) is 111 cm³/mol. The molecular formula is C22H27N3O5. The van der Waals surface area contributed by atoms with Crippen LogP contribution < -0.4 is 10.2 Å². The number of H-pyrrole nitrogens is 1. The first-order valence-corrected chi connectivity index (χ1v) is 9.97. The fourth-order valence-corrected chi connectivity index (χ4v) is 3.11. The molecule has 0 bridgehead atoms. The van der Waals surface area contributed by atoms with Crippen molar-refractivity contribution in [3.05, 3.63) is 64.1 Å². The molecule has 30 heavy (non-hydrogen) atoms. The molecule has 1 fully saturated rings. The van der Waals surface area contributed by atoms with E-state index in [0.717, 1.165) is 18.4 Å². The Labute approximate surface area is 175 Å². The number of rotatable bonds is 4. The molecule has 1 aromatic heterocycles. The van der Waals surface area contributed by atoms with Gasteiger partial charge in [-0.1, -0.05) is 30.3 Å². The number of hydrogen-bond acceptors (Lipinski definition) is 5. The summed E-state index contributed by atoms with van der Waals surface area (Å²) in [6, 6.07) is 10.7. The van der Waals surface area contributed by atoms with Gasteiger partial charge in [0.05, 0.1) is 0 Å². The van der Waals surface area contributed by atoms with Gasteiger partial charge in [0.1, 0.15) is 12.2 Å². The first-order valence-electron chi connectivity index (χ1n) is 9.97. The molecule has 2 amide bonds. The summed E-state index contributed by atoms with van der Waals surface area (Å²) in [6.45, 7) is 6.15. The van der Waals surface area contributed by atoms with Gasteiger partial charge in [-0.15, -0.1) is 0 Å². The van der Waals surface area contributed by atoms with Gasteiger partial charge in [-0.3, -0.25) is 9.59 Å². The van der Waals surface area contributed by atoms with Crippen LogP contribution >= 0.6 is 0 Å². The van der Waals surface area contributed by atoms with Crippen molar-refractivity contribution < 1.29 is 19.1 Å². The van der Waals surface area contributed by atoms with Crippen molar-refractivity contribution in [3.8, 4) is 5.75 Å². The highest BCUT2D eigenvalue weighted by Crippen LogP contribution is 2.21. The van der Waals surface area contributed by atoms with Crippen LogP contribution in [-0.2, 0) is 11.3 Å². The molecule has 0 aliphatic carbocycles. The van der Waals surface area contributed by atoms with Gasteiger partial charge in [0.2, 0.25) is 5.43 Å². The van der Waals surface area contributed by atoms with E-state index < -0.39 is 23.0 Å². The van der Waals surface area contributed by atoms with Gasteiger partial charge >= 0.3 is 6.09 Å². The van der Waals surface area contributed by atoms with Crippen molar-refractivity contribution in [2.75, 3.05) is 13.1 Å². The summed E-state index contributed by atoms with van der Waals surface area (Å²) in [6.07, 6.45) is 2.29. The third-order valence-electron chi connectivity index (χ3n) is 4.47. The maximum absolute atomic E-state index is 13.3. The molecule has 1 aromatic carbocycles. The number of pyridine rings is 1. The number of hydrogen-bond donors (Lipinski definition) is 1. The third kappa shape index (κ3) is 5.20. The lowest BCUT2D eigenvalue weighted by Crippen LogP contribution is -2.54. The summed E-state index contributed by atoms with van der Waals surface area (Å²) < 4.78 is 11.2. The minimum Gasteiger partial charge on any atom is -0.483 e. The number of hydrazine groups is 1. The Kier molecular flexibility index (Phi) is 6.44. The quantitative estimate of drug-likeness (QED) is 0.830. The van der Waals surface area contributed by atoms with Crippen molar-refractivity contribution >= 4 is 12.0 Å². The predicted octanol–water partition coefficient (Wildman–Crippen LogP) is 3.34. The summed E-state index contributed by atoms with van der Waals surface area (Å²) >= 11 is 0. The van der Waals surface area contributed by atoms with Crippen molar-refractivity contribution in [2.45, 2.75) is 45.8 Å². The zero-order chi connectivity index (χ0) is 21.7. The lowest BCUT2D eigenvalue weighted by Gasteiger charge is -2.38. The van der Waals surface area contributed by atoms with Gasteiger partial charge in [0.25, 0.3) is 5.91 Å². The molecular weight excluding hydrogens is 386 g/mol. The number of aromatic nitrogens is 1. The van der Waals surface area contributed by atoms with Crippen molar-refractivity contribution in [1.29, 1.82) is 0 Å². The Bertz CT molecular complexity index is 949. The topological polar surface area (TPSA) is 91.9 Å². The third-order valence-corrected chi connectivity index (χ3v) is 4.47. The van der Waals surface area contributed by atoms with E-state index in [0.29, 0.717) is 13.1 Å². The molecule has 3 rings (SSSR count). The van der Waals surface area contributed by atoms with Crippen LogP contribution in [0.4, 0.5) is 4.79 Å². The fraction of sp³-hybridized carbons (Fsp3) is 0.409. The summed E-state index contributed by atoms with van der Waals surface area (Å²) in [5, 5.41) is 2.61. The minimum atomic E-state index is -0.686. The molecule has 0 spiro atoms. The second-order valence-electron chi connectivity index (χ2n) is 8.06. The first-order chi connectivity index (χ1) is 14.3. The summed E-state index contributed by atoms with van der Waals surface area (Å²) in [5.41, 5.74) is -0.218. The number of nitrogens with one attached hydrogen (secondary N) is 1. The van der Waals surface area contributed by atoms with Crippen molar-refractivity contribution in [2.24, 2.45) is 0 Å². The standard InChI is InChI=1S/C22H27N3O5/c1-22(2,3)30-21(28)25-14-8-7-13-24(25)20(27)18-19(17(26)11-12-23-18)29-15-16-9-5-4-6-10-16/h4-6,9-12H,7-8,13-15H2,1-3H3,(H,23,26). The normalized spacial score (nSPS) is 14.4. The van der Waals surface area contributed by atoms with E-state index in [1.165, 1.54) is 22.3 Å². The van der Waals surface area contributed by atoms with E-state index in [-0.39, 0.29) is 18.1 Å². The molecule has 1 aliphatic rings. The Morgan fingerprint density at radius 1 is 1.03 bits per heavy atom. The van der Waals surface area contributed by atoms with E-state index in [2.05, 4.69) is 4.98 Å². The van der Waals surface area contributed by atoms with Gasteiger partial charge in [-0.05, 0) is 39.2 Å². The summed E-state index contributed by atoms with van der Waals surface area (Å²) in [7, 11) is 0. The van der Waals surface area contributed by atoms with Crippen molar-refractivity contribution in [1.82, 2.24) is 15.0 Å². The molecule has 0 saturated carbocycles. The zero-order valence-electron chi connectivity index (χ0n) is 17.5. The second kappa shape index (κ2) is 9.02. The highest BCUT2D eigenvalue weighted by Gasteiger charge is 2.34. The SMILES string of the molecule is CC(C)(C)OC(=O)N1CCCCN1C(=O)c1[nH]ccc(=O)c1OCc1ccccc1. The van der Waals surface area contributed by atoms with Crippen LogP contribution in [-0.4, -0.2) is 45.7 Å². The maximum Gasteiger partial charge on any atom is 0.429 e. The number of ether oxygens (including phenoxy) is 2. The van der Waals surface area contributed by atoms with E-state index in [9.17, 15) is 14.4 Å². The monoisotopic (exact) mass is 413 g/mol. The van der Waals surface area contributed by atoms with Crippen LogP contribution in [0.1, 0.15) is 49.7 Å². The van der Waals surface area contributed by atoms with E-state index in [4.69, 9.17) is 9.47 Å². The van der Waals surface area contributed by atoms with E-state index >= 15 is 0 Å². The number of carbonyl (C=O) groups excluding carboxylic acids is 2. The molecule has 2 aromatic rings. The van der Waals surface area contributed by atoms with Gasteiger partial charge in [0, 0.05) is 25.4 Å². The molecule has 8 nitrogen and oxygen atoms in total. The molecule has 8 heteroatoms. The summed E-state index contributed by atoms with van der Waals surface area (Å²) in [4.78, 5) is 41.2. The smallest absolute Gasteiger partial charge is 0.429 e. The van der Waals surface area contributed by atoms with Crippen LogP contribution in [0.3, 0.4) is 0 Å². The van der Waals surface area contributed by atoms with Gasteiger partial charge in [-0.25, -0.2) is 14.8 Å². The first kappa shape index (κ1) is 21.4. The molecule has 160 valence electrons. The molecule has 1 saturated heterocycles. The second-order valence-corrected chi connectivity index (χ2v) is 8.06. The zero-order valence-corrected chi connectivity index (χ0v) is 17.5. The van der Waals surface area contributed by atoms with Crippen LogP contribution in [0.5, 0.6) is 5.75 Å². The van der Waals surface area contributed by atoms with Crippen LogP contribution in [0.15, 0.2) is 47.4 Å². The highest BCUT2D eigenvalue weighted by atomic mass is 16.6. The average Bonchev–Trinajstić information content (AvgIpc) is 2.71. The fourth-order valence-electron chi connectivity index (χ4n) is 3.11. The summed E-state index contributed by atoms with van der Waals surface area (Å²) in [5.74, 6) is -0.581. The van der Waals surface area contributed by atoms with Gasteiger partial charge < -0.3 is 14.5 Å². The maximum atomic E-state index is 13.3. The lowest BCUT2D eigenvalue weighted by atomic mass is 10.2. The lowest BCUT2D eigenvalue weighted by molar-refractivity contribution is -0.0508. The molecule has 0 atom stereocenters. The average molecular weight is 413 g/mol. The molecule has 1 aliphatic heterocycles. The van der Waals surface area contributed by atoms with Gasteiger partial charge in [0.15, 0.2) is 11.4 Å². The number of aromatic amines is 1. The Morgan fingerprint density at radius 2 is 1.70 bits per heavy atom. The Hall–Kier alpha value is -3.29. The molecule has 1 N–H and O–H groups in total. The molecule has 0 radical (unpaired) electrons. The number of carbonyl (C=O) groups is 2. The number of nitrogens with zero attached hydrogens (tertiary/aromatic N) is 2. The van der Waals surface area contributed by atoms with E-state index in [1.54, 1.807) is 20.8 Å². The van der Waals surface area contributed by atoms with Crippen LogP contribution in [0, 0.1) is 0 Å².